The molecule has 0 radical (unpaired) electrons. The van der Waals surface area contributed by atoms with E-state index < -0.39 is 30.4 Å². The Kier molecular flexibility index (Phi) is 5.22. The van der Waals surface area contributed by atoms with Gasteiger partial charge in [-0.3, -0.25) is 19.3 Å². The number of phenolic OH excluding ortho intramolecular Hbond substituents is 1. The Bertz CT molecular complexity index is 512. The molecule has 0 spiro atoms. The number of hydrogen-bond donors (Lipinski definition) is 3. The molecule has 7 heteroatoms. The molecule has 0 saturated carbocycles. The van der Waals surface area contributed by atoms with E-state index in [2.05, 4.69) is 0 Å². The van der Waals surface area contributed by atoms with Crippen molar-refractivity contribution in [3.63, 3.8) is 0 Å². The third-order valence-corrected chi connectivity index (χ3v) is 2.65. The molecule has 1 rings (SSSR count). The highest BCUT2D eigenvalue weighted by Crippen LogP contribution is 2.11. The van der Waals surface area contributed by atoms with Gasteiger partial charge in [0, 0.05) is 6.92 Å². The molecule has 0 heterocycles. The molecule has 4 N–H and O–H groups in total. The monoisotopic (exact) mass is 280 g/mol. The first kappa shape index (κ1) is 15.6. The first-order valence-corrected chi connectivity index (χ1v) is 5.88. The highest BCUT2D eigenvalue weighted by molar-refractivity contribution is 5.99. The Balaban J connectivity index is 2.76. The highest BCUT2D eigenvalue weighted by Gasteiger charge is 2.26. The fourth-order valence-electron chi connectivity index (χ4n) is 1.65. The number of rotatable bonds is 5. The summed E-state index contributed by atoms with van der Waals surface area (Å²) in [7, 11) is 0. The van der Waals surface area contributed by atoms with Crippen LogP contribution in [0.1, 0.15) is 12.5 Å². The summed E-state index contributed by atoms with van der Waals surface area (Å²) in [5, 5.41) is 17.8. The molecule has 20 heavy (non-hydrogen) atoms. The van der Waals surface area contributed by atoms with Gasteiger partial charge in [-0.25, -0.2) is 0 Å². The van der Waals surface area contributed by atoms with Crippen LogP contribution >= 0.6 is 0 Å². The van der Waals surface area contributed by atoms with E-state index in [9.17, 15) is 14.4 Å². The molecule has 1 aromatic rings. The molecule has 1 unspecified atom stereocenters. The summed E-state index contributed by atoms with van der Waals surface area (Å²) in [6.07, 6.45) is 0.141. The third-order valence-electron chi connectivity index (χ3n) is 2.65. The lowest BCUT2D eigenvalue weighted by molar-refractivity contribution is -0.152. The summed E-state index contributed by atoms with van der Waals surface area (Å²) in [5.41, 5.74) is 6.40. The summed E-state index contributed by atoms with van der Waals surface area (Å²) in [5.74, 6) is -2.61. The molecule has 1 atom stereocenters. The summed E-state index contributed by atoms with van der Waals surface area (Å²) in [6, 6.07) is 5.07. The van der Waals surface area contributed by atoms with Gasteiger partial charge in [0.25, 0.3) is 0 Å². The lowest BCUT2D eigenvalue weighted by Crippen LogP contribution is -2.48. The molecule has 7 nitrogen and oxygen atoms in total. The molecule has 0 bridgehead atoms. The lowest BCUT2D eigenvalue weighted by Gasteiger charge is -2.21. The number of aromatic hydroxyl groups is 1. The molecule has 2 amide bonds. The van der Waals surface area contributed by atoms with Crippen molar-refractivity contribution >= 4 is 17.8 Å². The molecule has 0 aliphatic heterocycles. The number of phenols is 1. The van der Waals surface area contributed by atoms with Crippen LogP contribution in [-0.4, -0.2) is 45.5 Å². The van der Waals surface area contributed by atoms with Crippen molar-refractivity contribution in [3.05, 3.63) is 29.8 Å². The number of benzene rings is 1. The molecule has 0 aliphatic rings. The quantitative estimate of drug-likeness (QED) is 0.682. The predicted octanol–water partition coefficient (Wildman–Crippen LogP) is -0.278. The molecule has 0 aliphatic carbocycles. The third kappa shape index (κ3) is 4.36. The maximum absolute atomic E-state index is 12.0. The largest absolute Gasteiger partial charge is 0.508 e. The van der Waals surface area contributed by atoms with Gasteiger partial charge in [0.2, 0.25) is 11.8 Å². The topological polar surface area (TPSA) is 121 Å². The Morgan fingerprint density at radius 2 is 1.80 bits per heavy atom. The average Bonchev–Trinajstić information content (AvgIpc) is 2.37. The first-order valence-electron chi connectivity index (χ1n) is 5.88. The van der Waals surface area contributed by atoms with Crippen LogP contribution in [0.25, 0.3) is 0 Å². The van der Waals surface area contributed by atoms with Crippen LogP contribution in [0.2, 0.25) is 0 Å². The van der Waals surface area contributed by atoms with Crippen LogP contribution in [0.5, 0.6) is 5.75 Å². The van der Waals surface area contributed by atoms with Crippen molar-refractivity contribution in [2.24, 2.45) is 5.73 Å². The summed E-state index contributed by atoms with van der Waals surface area (Å²) in [4.78, 5) is 34.5. The summed E-state index contributed by atoms with van der Waals surface area (Å²) >= 11 is 0. The van der Waals surface area contributed by atoms with Gasteiger partial charge in [0.05, 0.1) is 6.04 Å². The Labute approximate surface area is 115 Å². The van der Waals surface area contributed by atoms with E-state index in [0.29, 0.717) is 10.5 Å². The number of nitrogens with two attached hydrogens (primary N) is 1. The van der Waals surface area contributed by atoms with Crippen molar-refractivity contribution in [2.75, 3.05) is 6.54 Å². The maximum Gasteiger partial charge on any atom is 0.323 e. The Morgan fingerprint density at radius 1 is 1.25 bits per heavy atom. The minimum atomic E-state index is -1.29. The second kappa shape index (κ2) is 6.67. The number of carboxylic acid groups (broad SMARTS) is 1. The van der Waals surface area contributed by atoms with E-state index in [1.54, 1.807) is 12.1 Å². The van der Waals surface area contributed by atoms with Gasteiger partial charge >= 0.3 is 5.97 Å². The molecule has 0 aromatic heterocycles. The number of carboxylic acids is 1. The van der Waals surface area contributed by atoms with Gasteiger partial charge in [0.1, 0.15) is 12.3 Å². The SMILES string of the molecule is CC(=O)N(CC(=O)O)C(=O)C(N)Cc1ccc(O)cc1. The summed E-state index contributed by atoms with van der Waals surface area (Å²) in [6.45, 7) is 0.394. The number of carbonyl (C=O) groups is 3. The molecular weight excluding hydrogens is 264 g/mol. The number of aliphatic carboxylic acids is 1. The van der Waals surface area contributed by atoms with Crippen LogP contribution in [-0.2, 0) is 20.8 Å². The Morgan fingerprint density at radius 3 is 2.25 bits per heavy atom. The predicted molar refractivity (Wildman–Crippen MR) is 69.8 cm³/mol. The standard InChI is InChI=1S/C13H16N2O5/c1-8(16)15(7-12(18)19)13(20)11(14)6-9-2-4-10(17)5-3-9/h2-5,11,17H,6-7,14H2,1H3,(H,18,19). The van der Waals surface area contributed by atoms with E-state index in [4.69, 9.17) is 15.9 Å². The van der Waals surface area contributed by atoms with Crippen LogP contribution in [0, 0.1) is 0 Å². The van der Waals surface area contributed by atoms with Gasteiger partial charge in [-0.1, -0.05) is 12.1 Å². The smallest absolute Gasteiger partial charge is 0.323 e. The van der Waals surface area contributed by atoms with Crippen molar-refractivity contribution in [2.45, 2.75) is 19.4 Å². The zero-order valence-electron chi connectivity index (χ0n) is 10.9. The normalized spacial score (nSPS) is 11.7. The van der Waals surface area contributed by atoms with E-state index in [-0.39, 0.29) is 12.2 Å². The zero-order chi connectivity index (χ0) is 15.3. The number of imide groups is 1. The van der Waals surface area contributed by atoms with Crippen molar-refractivity contribution in [1.82, 2.24) is 4.90 Å². The second-order valence-electron chi connectivity index (χ2n) is 4.31. The van der Waals surface area contributed by atoms with Crippen LogP contribution in [0.3, 0.4) is 0 Å². The van der Waals surface area contributed by atoms with Gasteiger partial charge in [-0.2, -0.15) is 0 Å². The molecule has 0 fully saturated rings. The molecular formula is C13H16N2O5. The first-order chi connectivity index (χ1) is 9.31. The number of nitrogens with zero attached hydrogens (tertiary/aromatic N) is 1. The van der Waals surface area contributed by atoms with Gasteiger partial charge in [-0.15, -0.1) is 0 Å². The van der Waals surface area contributed by atoms with E-state index in [1.165, 1.54) is 12.1 Å². The van der Waals surface area contributed by atoms with E-state index >= 15 is 0 Å². The molecule has 1 aromatic carbocycles. The Hall–Kier alpha value is -2.41. The second-order valence-corrected chi connectivity index (χ2v) is 4.31. The number of amides is 2. The van der Waals surface area contributed by atoms with Crippen LogP contribution in [0.15, 0.2) is 24.3 Å². The fraction of sp³-hybridized carbons (Fsp3) is 0.308. The number of hydrogen-bond acceptors (Lipinski definition) is 5. The van der Waals surface area contributed by atoms with Gasteiger partial charge < -0.3 is 15.9 Å². The highest BCUT2D eigenvalue weighted by atomic mass is 16.4. The zero-order valence-corrected chi connectivity index (χ0v) is 10.9. The number of carbonyl (C=O) groups excluding carboxylic acids is 2. The molecule has 108 valence electrons. The van der Waals surface area contributed by atoms with E-state index in [0.717, 1.165) is 6.92 Å². The average molecular weight is 280 g/mol. The summed E-state index contributed by atoms with van der Waals surface area (Å²) < 4.78 is 0. The van der Waals surface area contributed by atoms with Crippen molar-refractivity contribution < 1.29 is 24.6 Å². The van der Waals surface area contributed by atoms with Crippen molar-refractivity contribution in [1.29, 1.82) is 0 Å². The van der Waals surface area contributed by atoms with Gasteiger partial charge in [0.15, 0.2) is 0 Å². The van der Waals surface area contributed by atoms with E-state index in [1.807, 2.05) is 0 Å². The minimum absolute atomic E-state index is 0.0879. The molecule has 0 saturated heterocycles. The van der Waals surface area contributed by atoms with Crippen LogP contribution in [0.4, 0.5) is 0 Å². The van der Waals surface area contributed by atoms with Gasteiger partial charge in [-0.05, 0) is 24.1 Å². The maximum atomic E-state index is 12.0. The van der Waals surface area contributed by atoms with Crippen LogP contribution < -0.4 is 5.73 Å². The lowest BCUT2D eigenvalue weighted by atomic mass is 10.1. The van der Waals surface area contributed by atoms with Crippen molar-refractivity contribution in [3.8, 4) is 5.75 Å². The minimum Gasteiger partial charge on any atom is -0.508 e. The fourth-order valence-corrected chi connectivity index (χ4v) is 1.65.